The van der Waals surface area contributed by atoms with Crippen LogP contribution < -0.4 is 5.32 Å². The predicted molar refractivity (Wildman–Crippen MR) is 213 cm³/mol. The number of rotatable bonds is 9. The van der Waals surface area contributed by atoms with Gasteiger partial charge in [0.15, 0.2) is 23.5 Å². The van der Waals surface area contributed by atoms with Crippen LogP contribution in [0.3, 0.4) is 0 Å². The predicted octanol–water partition coefficient (Wildman–Crippen LogP) is 3.83. The molecule has 61 heavy (non-hydrogen) atoms. The molecule has 2 bridgehead atoms. The van der Waals surface area contributed by atoms with Crippen molar-refractivity contribution in [3.8, 4) is 0 Å². The molecule has 1 amide bonds. The number of hydrogen-bond donors (Lipinski definition) is 4. The maximum atomic E-state index is 15.5. The molecule has 2 aromatic rings. The van der Waals surface area contributed by atoms with Crippen LogP contribution in [-0.4, -0.2) is 111 Å². The number of fused-ring (bicyclic) bond motifs is 5. The van der Waals surface area contributed by atoms with E-state index in [-0.39, 0.29) is 35.3 Å². The summed E-state index contributed by atoms with van der Waals surface area (Å²) in [6.07, 6.45) is -11.3. The van der Waals surface area contributed by atoms with E-state index in [2.05, 4.69) is 5.32 Å². The van der Waals surface area contributed by atoms with Crippen LogP contribution in [0.2, 0.25) is 0 Å². The van der Waals surface area contributed by atoms with Gasteiger partial charge in [0.2, 0.25) is 0 Å². The van der Waals surface area contributed by atoms with Crippen molar-refractivity contribution < 1.29 is 72.5 Å². The van der Waals surface area contributed by atoms with Gasteiger partial charge in [0.25, 0.3) is 0 Å². The van der Waals surface area contributed by atoms with E-state index in [4.69, 9.17) is 28.4 Å². The van der Waals surface area contributed by atoms with E-state index >= 15 is 4.79 Å². The van der Waals surface area contributed by atoms with E-state index in [0.29, 0.717) is 0 Å². The highest BCUT2D eigenvalue weighted by Crippen LogP contribution is 2.64. The first-order chi connectivity index (χ1) is 28.4. The second-order valence-electron chi connectivity index (χ2n) is 18.2. The topological polar surface area (TPSA) is 231 Å². The summed E-state index contributed by atoms with van der Waals surface area (Å²) in [5, 5.41) is 39.7. The van der Waals surface area contributed by atoms with Crippen molar-refractivity contribution >= 4 is 35.8 Å². The van der Waals surface area contributed by atoms with Crippen molar-refractivity contribution in [1.82, 2.24) is 5.32 Å². The van der Waals surface area contributed by atoms with Crippen molar-refractivity contribution in [2.45, 2.75) is 135 Å². The Morgan fingerprint density at radius 3 is 2.05 bits per heavy atom. The highest BCUT2D eigenvalue weighted by atomic mass is 16.6. The minimum atomic E-state index is -2.40. The lowest BCUT2D eigenvalue weighted by molar-refractivity contribution is -0.346. The summed E-state index contributed by atoms with van der Waals surface area (Å²) >= 11 is 0. The number of carbonyl (C=O) groups is 6. The Morgan fingerprint density at radius 1 is 0.902 bits per heavy atom. The third-order valence-corrected chi connectivity index (χ3v) is 12.8. The van der Waals surface area contributed by atoms with E-state index < -0.39 is 118 Å². The van der Waals surface area contributed by atoms with Crippen molar-refractivity contribution in [2.24, 2.45) is 16.7 Å². The normalized spacial score (nSPS) is 32.5. The Balaban J connectivity index is 1.57. The summed E-state index contributed by atoms with van der Waals surface area (Å²) in [5.41, 5.74) is -8.47. The van der Waals surface area contributed by atoms with Gasteiger partial charge in [-0.2, -0.15) is 0 Å². The number of nitrogens with one attached hydrogen (secondary N) is 1. The third kappa shape index (κ3) is 7.94. The molecule has 6 rings (SSSR count). The molecule has 16 nitrogen and oxygen atoms in total. The molecule has 3 aliphatic carbocycles. The van der Waals surface area contributed by atoms with Gasteiger partial charge < -0.3 is 49.1 Å². The molecular weight excluding hydrogens is 794 g/mol. The summed E-state index contributed by atoms with van der Waals surface area (Å²) < 4.78 is 35.7. The number of ether oxygens (including phenoxy) is 6. The number of Topliss-reactive ketones (excluding diaryl/α,β-unsaturated/α-hetero) is 1. The number of carbonyl (C=O) groups excluding carboxylic acids is 6. The third-order valence-electron chi connectivity index (χ3n) is 12.8. The van der Waals surface area contributed by atoms with E-state index in [1.54, 1.807) is 71.0 Å². The highest BCUT2D eigenvalue weighted by molar-refractivity contribution is 5.95. The number of alkyl carbamates (subject to hydrolysis) is 1. The van der Waals surface area contributed by atoms with Gasteiger partial charge in [-0.05, 0) is 63.5 Å². The summed E-state index contributed by atoms with van der Waals surface area (Å²) in [6, 6.07) is 14.0. The molecule has 1 aliphatic heterocycles. The molecule has 16 heteroatoms. The Morgan fingerprint density at radius 2 is 1.51 bits per heavy atom. The van der Waals surface area contributed by atoms with Gasteiger partial charge in [-0.15, -0.1) is 0 Å². The molecule has 2 aromatic carbocycles. The number of esters is 4. The van der Waals surface area contributed by atoms with Crippen LogP contribution in [0.25, 0.3) is 0 Å². The van der Waals surface area contributed by atoms with Crippen LogP contribution in [0.15, 0.2) is 71.8 Å². The van der Waals surface area contributed by atoms with Crippen LogP contribution in [0.1, 0.15) is 97.2 Å². The van der Waals surface area contributed by atoms with Gasteiger partial charge in [0, 0.05) is 32.1 Å². The average Bonchev–Trinajstić information content (AvgIpc) is 3.17. The molecule has 330 valence electrons. The molecule has 0 radical (unpaired) electrons. The Labute approximate surface area is 353 Å². The minimum absolute atomic E-state index is 0.0133. The molecule has 4 aliphatic rings. The molecule has 2 saturated carbocycles. The number of aliphatic hydroxyl groups excluding tert-OH is 2. The summed E-state index contributed by atoms with van der Waals surface area (Å²) in [6.45, 7) is 12.8. The molecule has 1 saturated heterocycles. The zero-order valence-electron chi connectivity index (χ0n) is 35.8. The summed E-state index contributed by atoms with van der Waals surface area (Å²) in [4.78, 5) is 83.3. The Hall–Kier alpha value is -5.16. The highest BCUT2D eigenvalue weighted by Gasteiger charge is 2.78. The van der Waals surface area contributed by atoms with Gasteiger partial charge >= 0.3 is 30.0 Å². The van der Waals surface area contributed by atoms with E-state index in [1.807, 2.05) is 0 Å². The van der Waals surface area contributed by atoms with Crippen LogP contribution >= 0.6 is 0 Å². The first-order valence-electron chi connectivity index (χ1n) is 20.2. The maximum absolute atomic E-state index is 15.5. The van der Waals surface area contributed by atoms with Gasteiger partial charge in [0.1, 0.15) is 35.6 Å². The smallest absolute Gasteiger partial charge is 0.408 e. The van der Waals surface area contributed by atoms with Crippen molar-refractivity contribution in [1.29, 1.82) is 0 Å². The van der Waals surface area contributed by atoms with Crippen molar-refractivity contribution in [3.63, 3.8) is 0 Å². The van der Waals surface area contributed by atoms with E-state index in [9.17, 15) is 39.3 Å². The molecule has 0 spiro atoms. The standard InChI is InChI=1S/C45H55NO15/c1-23-28(58-39(53)32(46-40(54)61-41(4,5)6)33(50)26-16-12-10-13-17-26)21-45(55)37(59-38(52)27-18-14-11-15-19-27)35-43(9,29(49)20-30-44(35,22-56-30)60-25(3)48)36(51)34(57-24(2)47)31(23)42(45,7)8/h10-19,28-30,32-35,37,49-50,55H,20-22H2,1-9H3,(H,46,54)/t28-,29-,30?,32+,33+,34+,35-,37-,43+,44-,45+/m0/s1. The molecular formula is C45H55NO15. The average molecular weight is 850 g/mol. The fraction of sp³-hybridized carbons (Fsp3) is 0.556. The SMILES string of the molecule is CC(=O)O[C@H]1C(=O)[C@]2(C)[C@@H](O)CC3OC[C@@]3(OC(C)=O)[C@H]2[C@H](OC(=O)c2ccccc2)[C@]2(O)C[C@H](OC(=O)[C@H](NC(=O)OC(C)(C)C)[C@H](O)c3ccccc3)C(C)=C1C2(C)C. The lowest BCUT2D eigenvalue weighted by atomic mass is 9.44. The van der Waals surface area contributed by atoms with Crippen molar-refractivity contribution in [3.05, 3.63) is 82.9 Å². The molecule has 4 N–H and O–H groups in total. The molecule has 1 heterocycles. The first kappa shape index (κ1) is 45.4. The van der Waals surface area contributed by atoms with E-state index in [1.165, 1.54) is 38.1 Å². The first-order valence-corrected chi connectivity index (χ1v) is 20.2. The van der Waals surface area contributed by atoms with Crippen LogP contribution in [0, 0.1) is 16.7 Å². The fourth-order valence-electron chi connectivity index (χ4n) is 9.77. The summed E-state index contributed by atoms with van der Waals surface area (Å²) in [5.74, 6) is -6.23. The number of benzene rings is 2. The Bertz CT molecular complexity index is 2100. The maximum Gasteiger partial charge on any atom is 0.408 e. The Kier molecular flexibility index (Phi) is 12.1. The number of aliphatic hydroxyl groups is 3. The van der Waals surface area contributed by atoms with Gasteiger partial charge in [-0.1, -0.05) is 62.4 Å². The lowest BCUT2D eigenvalue weighted by Gasteiger charge is -2.67. The molecule has 11 atom stereocenters. The van der Waals surface area contributed by atoms with Crippen LogP contribution in [0.4, 0.5) is 4.79 Å². The van der Waals surface area contributed by atoms with Crippen molar-refractivity contribution in [2.75, 3.05) is 6.61 Å². The number of amides is 1. The van der Waals surface area contributed by atoms with E-state index in [0.717, 1.165) is 13.8 Å². The van der Waals surface area contributed by atoms with Gasteiger partial charge in [-0.3, -0.25) is 14.4 Å². The van der Waals surface area contributed by atoms with Crippen LogP contribution in [0.5, 0.6) is 0 Å². The largest absolute Gasteiger partial charge is 0.456 e. The van der Waals surface area contributed by atoms with Crippen LogP contribution in [-0.2, 0) is 47.6 Å². The fourth-order valence-corrected chi connectivity index (χ4v) is 9.77. The van der Waals surface area contributed by atoms with Gasteiger partial charge in [-0.25, -0.2) is 14.4 Å². The zero-order chi connectivity index (χ0) is 45.0. The second kappa shape index (κ2) is 16.3. The molecule has 1 unspecified atom stereocenters. The summed E-state index contributed by atoms with van der Waals surface area (Å²) in [7, 11) is 0. The molecule has 3 fully saturated rings. The zero-order valence-corrected chi connectivity index (χ0v) is 35.8. The second-order valence-corrected chi connectivity index (χ2v) is 18.2. The molecule has 0 aromatic heterocycles. The minimum Gasteiger partial charge on any atom is -0.456 e. The monoisotopic (exact) mass is 849 g/mol. The lowest BCUT2D eigenvalue weighted by Crippen LogP contribution is -2.82. The van der Waals surface area contributed by atoms with Gasteiger partial charge in [0.05, 0.1) is 29.6 Å². The number of hydrogen-bond acceptors (Lipinski definition) is 15. The quantitative estimate of drug-likeness (QED) is 0.160. The number of ketones is 1.